The maximum Gasteiger partial charge on any atom is 0.140 e. The molecule has 45 heavy (non-hydrogen) atoms. The first-order valence-corrected chi connectivity index (χ1v) is 13.9. The lowest BCUT2D eigenvalue weighted by molar-refractivity contribution is 0.415. The molecule has 6 rings (SSSR count). The van der Waals surface area contributed by atoms with E-state index in [0.717, 1.165) is 55.6 Å². The minimum absolute atomic E-state index is 0.345. The smallest absolute Gasteiger partial charge is 0.140 e. The van der Waals surface area contributed by atoms with E-state index in [1.165, 1.54) is 0 Å². The number of halogens is 1. The molecule has 6 aromatic rings. The van der Waals surface area contributed by atoms with Crippen LogP contribution in [0.3, 0.4) is 0 Å². The normalized spacial score (nSPS) is 11.2. The number of allylic oxidation sites excluding steroid dienone is 2. The Morgan fingerprint density at radius 1 is 0.711 bits per heavy atom. The van der Waals surface area contributed by atoms with Crippen LogP contribution in [0.15, 0.2) is 85.5 Å². The first-order valence-electron chi connectivity index (χ1n) is 13.5. The molecule has 0 amide bonds. The Hall–Kier alpha value is -6.34. The molecule has 0 saturated carbocycles. The summed E-state index contributed by atoms with van der Waals surface area (Å²) < 4.78 is 10.5. The van der Waals surface area contributed by atoms with Crippen LogP contribution in [0.1, 0.15) is 27.9 Å². The lowest BCUT2D eigenvalue weighted by Gasteiger charge is -2.01. The Balaban J connectivity index is 0.000000178. The van der Waals surface area contributed by atoms with Gasteiger partial charge in [0.25, 0.3) is 0 Å². The standard InChI is InChI=1S/C18H12N4O.C17H12ClN3O/c1-23-15-4-5-18-16(7-15)17(11-22-18)13(8-19)6-12-2-3-14(9-20)21-10-12;1-22-13-3-4-16-14(7-13)15(10-20-16)12(8-19)6-11-2-5-17(18)21-9-11/h2-7,10-11,22H,1H3;2-7,9-10,20H,1H3/b13-6+;12-6+. The summed E-state index contributed by atoms with van der Waals surface area (Å²) >= 11 is 5.78. The van der Waals surface area contributed by atoms with Crippen molar-refractivity contribution < 1.29 is 9.47 Å². The summed E-state index contributed by atoms with van der Waals surface area (Å²) in [6, 6.07) is 24.7. The van der Waals surface area contributed by atoms with Crippen molar-refractivity contribution in [3.05, 3.63) is 119 Å². The lowest BCUT2D eigenvalue weighted by atomic mass is 10.0. The van der Waals surface area contributed by atoms with Crippen molar-refractivity contribution >= 4 is 56.7 Å². The van der Waals surface area contributed by atoms with Gasteiger partial charge in [0, 0.05) is 57.7 Å². The SMILES string of the molecule is COc1ccc2[nH]cc(/C(C#N)=C/c3ccc(C#N)nc3)c2c1.COc1ccc2[nH]cc(/C(C#N)=C/c3ccc(Cl)nc3)c2c1. The fourth-order valence-electron chi connectivity index (χ4n) is 4.60. The van der Waals surface area contributed by atoms with Crippen LogP contribution in [0.4, 0.5) is 0 Å². The molecule has 0 saturated heterocycles. The first kappa shape index (κ1) is 30.1. The molecule has 4 aromatic heterocycles. The number of nitrogens with one attached hydrogen (secondary N) is 2. The number of nitriles is 3. The number of fused-ring (bicyclic) bond motifs is 2. The van der Waals surface area contributed by atoms with Gasteiger partial charge in [0.2, 0.25) is 0 Å². The second kappa shape index (κ2) is 13.8. The van der Waals surface area contributed by atoms with Crippen LogP contribution >= 0.6 is 11.6 Å². The minimum atomic E-state index is 0.345. The van der Waals surface area contributed by atoms with Crippen LogP contribution in [0.5, 0.6) is 11.5 Å². The van der Waals surface area contributed by atoms with Gasteiger partial charge in [-0.25, -0.2) is 9.97 Å². The van der Waals surface area contributed by atoms with Gasteiger partial charge in [-0.3, -0.25) is 0 Å². The van der Waals surface area contributed by atoms with Crippen LogP contribution < -0.4 is 9.47 Å². The number of methoxy groups -OCH3 is 2. The molecule has 0 radical (unpaired) electrons. The molecule has 0 unspecified atom stereocenters. The lowest BCUT2D eigenvalue weighted by Crippen LogP contribution is -1.85. The fourth-order valence-corrected chi connectivity index (χ4v) is 4.71. The highest BCUT2D eigenvalue weighted by Crippen LogP contribution is 2.30. The number of benzene rings is 2. The van der Waals surface area contributed by atoms with Gasteiger partial charge in [-0.05, 0) is 71.8 Å². The molecule has 2 aromatic carbocycles. The zero-order chi connectivity index (χ0) is 31.8. The van der Waals surface area contributed by atoms with Crippen molar-refractivity contribution in [1.82, 2.24) is 19.9 Å². The molecule has 0 spiro atoms. The first-order chi connectivity index (χ1) is 22.0. The van der Waals surface area contributed by atoms with Crippen LogP contribution in [0.25, 0.3) is 45.1 Å². The summed E-state index contributed by atoms with van der Waals surface area (Å²) in [5, 5.41) is 30.1. The number of aromatic amines is 2. The van der Waals surface area contributed by atoms with Gasteiger partial charge >= 0.3 is 0 Å². The fraction of sp³-hybridized carbons (Fsp3) is 0.0571. The Bertz CT molecular complexity index is 2170. The van der Waals surface area contributed by atoms with E-state index in [1.54, 1.807) is 63.2 Å². The Kier molecular flexibility index (Phi) is 9.21. The molecular formula is C35H24ClN7O2. The summed E-state index contributed by atoms with van der Waals surface area (Å²) in [4.78, 5) is 14.4. The summed E-state index contributed by atoms with van der Waals surface area (Å²) in [6.07, 6.45) is 10.4. The second-order valence-corrected chi connectivity index (χ2v) is 9.96. The predicted molar refractivity (Wildman–Crippen MR) is 175 cm³/mol. The number of aromatic nitrogens is 4. The van der Waals surface area contributed by atoms with E-state index in [0.29, 0.717) is 22.0 Å². The largest absolute Gasteiger partial charge is 0.497 e. The van der Waals surface area contributed by atoms with Crippen molar-refractivity contribution in [3.63, 3.8) is 0 Å². The Morgan fingerprint density at radius 2 is 1.22 bits per heavy atom. The van der Waals surface area contributed by atoms with E-state index < -0.39 is 0 Å². The van der Waals surface area contributed by atoms with Crippen LogP contribution in [-0.2, 0) is 0 Å². The molecule has 4 heterocycles. The van der Waals surface area contributed by atoms with E-state index in [2.05, 4.69) is 32.1 Å². The van der Waals surface area contributed by atoms with Crippen molar-refractivity contribution in [2.45, 2.75) is 0 Å². The van der Waals surface area contributed by atoms with E-state index in [-0.39, 0.29) is 0 Å². The third kappa shape index (κ3) is 6.84. The topological polar surface area (TPSA) is 147 Å². The molecule has 218 valence electrons. The van der Waals surface area contributed by atoms with Crippen molar-refractivity contribution in [3.8, 4) is 29.7 Å². The molecule has 0 atom stereocenters. The van der Waals surface area contributed by atoms with Gasteiger partial charge in [-0.2, -0.15) is 15.8 Å². The van der Waals surface area contributed by atoms with E-state index in [1.807, 2.05) is 54.7 Å². The van der Waals surface area contributed by atoms with Gasteiger partial charge in [0.15, 0.2) is 0 Å². The molecule has 9 nitrogen and oxygen atoms in total. The van der Waals surface area contributed by atoms with Crippen LogP contribution in [0.2, 0.25) is 5.15 Å². The second-order valence-electron chi connectivity index (χ2n) is 9.57. The van der Waals surface area contributed by atoms with Gasteiger partial charge < -0.3 is 19.4 Å². The summed E-state index contributed by atoms with van der Waals surface area (Å²) in [5.74, 6) is 1.48. The maximum absolute atomic E-state index is 9.51. The minimum Gasteiger partial charge on any atom is -0.497 e. The summed E-state index contributed by atoms with van der Waals surface area (Å²) in [7, 11) is 3.23. The molecule has 0 aliphatic heterocycles. The Morgan fingerprint density at radius 3 is 1.62 bits per heavy atom. The van der Waals surface area contributed by atoms with Crippen LogP contribution in [-0.4, -0.2) is 34.2 Å². The number of nitrogens with zero attached hydrogens (tertiary/aromatic N) is 5. The molecule has 10 heteroatoms. The predicted octanol–water partition coefficient (Wildman–Crippen LogP) is 7.80. The van der Waals surface area contributed by atoms with Gasteiger partial charge in [0.1, 0.15) is 28.4 Å². The van der Waals surface area contributed by atoms with Crippen molar-refractivity contribution in [1.29, 1.82) is 15.8 Å². The molecular weight excluding hydrogens is 586 g/mol. The molecule has 0 fully saturated rings. The highest BCUT2D eigenvalue weighted by atomic mass is 35.5. The van der Waals surface area contributed by atoms with Crippen molar-refractivity contribution in [2.75, 3.05) is 14.2 Å². The monoisotopic (exact) mass is 609 g/mol. The highest BCUT2D eigenvalue weighted by Gasteiger charge is 2.11. The number of hydrogen-bond donors (Lipinski definition) is 2. The maximum atomic E-state index is 9.51. The average Bonchev–Trinajstić information content (AvgIpc) is 3.71. The summed E-state index contributed by atoms with van der Waals surface area (Å²) in [6.45, 7) is 0. The quantitative estimate of drug-likeness (QED) is 0.145. The number of pyridine rings is 2. The van der Waals surface area contributed by atoms with E-state index in [4.69, 9.17) is 26.3 Å². The number of ether oxygens (including phenoxy) is 2. The number of hydrogen-bond acceptors (Lipinski definition) is 7. The van der Waals surface area contributed by atoms with Gasteiger partial charge in [0.05, 0.1) is 37.5 Å². The number of rotatable bonds is 6. The van der Waals surface area contributed by atoms with Gasteiger partial charge in [-0.1, -0.05) is 23.7 Å². The van der Waals surface area contributed by atoms with E-state index >= 15 is 0 Å². The molecule has 0 aliphatic carbocycles. The molecule has 0 aliphatic rings. The zero-order valence-electron chi connectivity index (χ0n) is 24.2. The zero-order valence-corrected chi connectivity index (χ0v) is 24.9. The third-order valence-electron chi connectivity index (χ3n) is 6.87. The van der Waals surface area contributed by atoms with E-state index in [9.17, 15) is 10.5 Å². The third-order valence-corrected chi connectivity index (χ3v) is 7.10. The molecule has 0 bridgehead atoms. The van der Waals surface area contributed by atoms with Crippen LogP contribution in [0, 0.1) is 34.0 Å². The molecule has 2 N–H and O–H groups in total. The Labute approximate surface area is 263 Å². The summed E-state index contributed by atoms with van der Waals surface area (Å²) in [5.41, 5.74) is 6.48. The van der Waals surface area contributed by atoms with Gasteiger partial charge in [-0.15, -0.1) is 0 Å². The number of H-pyrrole nitrogens is 2. The van der Waals surface area contributed by atoms with Crippen molar-refractivity contribution in [2.24, 2.45) is 0 Å². The average molecular weight is 610 g/mol. The highest BCUT2D eigenvalue weighted by molar-refractivity contribution is 6.29.